The average molecular weight is 392 g/mol. The van der Waals surface area contributed by atoms with Crippen LogP contribution in [0.5, 0.6) is 0 Å². The summed E-state index contributed by atoms with van der Waals surface area (Å²) in [7, 11) is 0. The molecule has 2 heterocycles. The fourth-order valence-electron chi connectivity index (χ4n) is 3.16. The van der Waals surface area contributed by atoms with Gasteiger partial charge in [-0.2, -0.15) is 0 Å². The molecule has 1 aromatic rings. The Hall–Kier alpha value is -2.39. The van der Waals surface area contributed by atoms with Crippen LogP contribution in [0.3, 0.4) is 0 Å². The molecule has 0 bridgehead atoms. The van der Waals surface area contributed by atoms with Crippen molar-refractivity contribution in [3.05, 3.63) is 28.3 Å². The van der Waals surface area contributed by atoms with Gasteiger partial charge in [-0.15, -0.1) is 5.06 Å². The van der Waals surface area contributed by atoms with E-state index in [0.717, 1.165) is 24.5 Å². The molecule has 2 aliphatic rings. The largest absolute Gasteiger partial charge is 0.378 e. The Labute approximate surface area is 164 Å². The van der Waals surface area contributed by atoms with Crippen LogP contribution in [-0.4, -0.2) is 68.4 Å². The van der Waals surface area contributed by atoms with Crippen molar-refractivity contribution in [2.24, 2.45) is 5.41 Å². The van der Waals surface area contributed by atoms with Crippen molar-refractivity contribution in [1.29, 1.82) is 0 Å². The third kappa shape index (κ3) is 4.90. The number of non-ortho nitro benzene ring substituents is 1. The molecule has 0 aliphatic carbocycles. The maximum Gasteiger partial charge on any atom is 0.330 e. The SMILES string of the molecule is CC(C)(C)C(=O)ON1CCN(c2cc(N3CCOCC3)cc([N+](=O)[O-])c2)CC1. The first-order chi connectivity index (χ1) is 13.2. The highest BCUT2D eigenvalue weighted by Gasteiger charge is 2.28. The minimum atomic E-state index is -0.551. The molecule has 9 nitrogen and oxygen atoms in total. The molecule has 2 fully saturated rings. The van der Waals surface area contributed by atoms with Gasteiger partial charge in [-0.1, -0.05) is 0 Å². The van der Waals surface area contributed by atoms with Crippen molar-refractivity contribution in [2.75, 3.05) is 62.3 Å². The van der Waals surface area contributed by atoms with Crippen molar-refractivity contribution >= 4 is 23.0 Å². The van der Waals surface area contributed by atoms with Crippen LogP contribution in [0.4, 0.5) is 17.1 Å². The van der Waals surface area contributed by atoms with E-state index in [1.54, 1.807) is 17.2 Å². The van der Waals surface area contributed by atoms with Crippen molar-refractivity contribution in [1.82, 2.24) is 5.06 Å². The zero-order chi connectivity index (χ0) is 20.3. The van der Waals surface area contributed by atoms with Crippen LogP contribution in [0.15, 0.2) is 18.2 Å². The molecule has 28 heavy (non-hydrogen) atoms. The van der Waals surface area contributed by atoms with Crippen LogP contribution in [-0.2, 0) is 14.4 Å². The molecule has 1 aromatic carbocycles. The van der Waals surface area contributed by atoms with Gasteiger partial charge in [0.15, 0.2) is 0 Å². The van der Waals surface area contributed by atoms with E-state index in [-0.39, 0.29) is 16.6 Å². The minimum Gasteiger partial charge on any atom is -0.378 e. The number of hydrogen-bond donors (Lipinski definition) is 0. The lowest BCUT2D eigenvalue weighted by molar-refractivity contribution is -0.384. The molecule has 0 atom stereocenters. The third-order valence-corrected chi connectivity index (χ3v) is 4.90. The highest BCUT2D eigenvalue weighted by atomic mass is 16.7. The number of carbonyl (C=O) groups is 1. The van der Waals surface area contributed by atoms with Crippen LogP contribution in [0.1, 0.15) is 20.8 Å². The van der Waals surface area contributed by atoms with E-state index in [9.17, 15) is 14.9 Å². The molecular weight excluding hydrogens is 364 g/mol. The summed E-state index contributed by atoms with van der Waals surface area (Å²) in [6.45, 7) is 10.5. The number of nitro benzene ring substituents is 1. The number of benzene rings is 1. The van der Waals surface area contributed by atoms with Gasteiger partial charge in [-0.3, -0.25) is 10.1 Å². The minimum absolute atomic E-state index is 0.0839. The van der Waals surface area contributed by atoms with Crippen molar-refractivity contribution < 1.29 is 19.3 Å². The van der Waals surface area contributed by atoms with Crippen LogP contribution in [0, 0.1) is 15.5 Å². The number of nitro groups is 1. The molecule has 0 spiro atoms. The lowest BCUT2D eigenvalue weighted by Gasteiger charge is -2.36. The molecule has 9 heteroatoms. The van der Waals surface area contributed by atoms with Crippen molar-refractivity contribution in [3.63, 3.8) is 0 Å². The number of carbonyl (C=O) groups excluding carboxylic acids is 1. The Morgan fingerprint density at radius 2 is 1.54 bits per heavy atom. The molecule has 0 N–H and O–H groups in total. The van der Waals surface area contributed by atoms with Gasteiger partial charge in [0.25, 0.3) is 5.69 Å². The predicted molar refractivity (Wildman–Crippen MR) is 105 cm³/mol. The summed E-state index contributed by atoms with van der Waals surface area (Å²) in [6, 6.07) is 5.23. The first-order valence-electron chi connectivity index (χ1n) is 9.58. The van der Waals surface area contributed by atoms with Gasteiger partial charge in [0.1, 0.15) is 0 Å². The number of rotatable bonds is 4. The van der Waals surface area contributed by atoms with Gasteiger partial charge < -0.3 is 19.4 Å². The lowest BCUT2D eigenvalue weighted by atomic mass is 9.98. The summed E-state index contributed by atoms with van der Waals surface area (Å²) in [4.78, 5) is 32.8. The van der Waals surface area contributed by atoms with Crippen LogP contribution in [0.2, 0.25) is 0 Å². The third-order valence-electron chi connectivity index (χ3n) is 4.90. The highest BCUT2D eigenvalue weighted by molar-refractivity contribution is 5.75. The second kappa shape index (κ2) is 8.32. The summed E-state index contributed by atoms with van der Waals surface area (Å²) in [5.41, 5.74) is 1.19. The van der Waals surface area contributed by atoms with Gasteiger partial charge in [-0.05, 0) is 26.8 Å². The summed E-state index contributed by atoms with van der Waals surface area (Å²) >= 11 is 0. The Kier molecular flexibility index (Phi) is 6.04. The van der Waals surface area contributed by atoms with E-state index in [2.05, 4.69) is 9.80 Å². The average Bonchev–Trinajstić information content (AvgIpc) is 2.68. The molecule has 0 saturated carbocycles. The monoisotopic (exact) mass is 392 g/mol. The number of anilines is 2. The molecule has 154 valence electrons. The molecular formula is C19H28N4O5. The highest BCUT2D eigenvalue weighted by Crippen LogP contribution is 2.30. The zero-order valence-corrected chi connectivity index (χ0v) is 16.7. The van der Waals surface area contributed by atoms with E-state index < -0.39 is 5.41 Å². The standard InChI is InChI=1S/C19H28N4O5/c1-19(2,3)18(24)28-22-6-4-20(5-7-22)15-12-16(14-17(13-15)23(25)26)21-8-10-27-11-9-21/h12-14H,4-11H2,1-3H3. The summed E-state index contributed by atoms with van der Waals surface area (Å²) in [5.74, 6) is -0.258. The van der Waals surface area contributed by atoms with Crippen LogP contribution < -0.4 is 9.80 Å². The lowest BCUT2D eigenvalue weighted by Crippen LogP contribution is -2.48. The van der Waals surface area contributed by atoms with Gasteiger partial charge in [-0.25, -0.2) is 4.79 Å². The molecule has 0 amide bonds. The number of hydrogen-bond acceptors (Lipinski definition) is 8. The number of morpholine rings is 1. The Morgan fingerprint density at radius 3 is 2.04 bits per heavy atom. The van der Waals surface area contributed by atoms with Gasteiger partial charge in [0.05, 0.1) is 36.6 Å². The Balaban J connectivity index is 1.70. The number of piperazine rings is 1. The summed E-state index contributed by atoms with van der Waals surface area (Å²) < 4.78 is 5.38. The molecule has 3 rings (SSSR count). The normalized spacial score (nSPS) is 18.8. The molecule has 2 aliphatic heterocycles. The zero-order valence-electron chi connectivity index (χ0n) is 16.7. The number of ether oxygens (including phenoxy) is 1. The topological polar surface area (TPSA) is 88.4 Å². The van der Waals surface area contributed by atoms with E-state index in [0.29, 0.717) is 39.4 Å². The van der Waals surface area contributed by atoms with Crippen molar-refractivity contribution in [3.8, 4) is 0 Å². The first-order valence-corrected chi connectivity index (χ1v) is 9.58. The van der Waals surface area contributed by atoms with Crippen LogP contribution >= 0.6 is 0 Å². The molecule has 0 radical (unpaired) electrons. The number of hydroxylamine groups is 2. The van der Waals surface area contributed by atoms with E-state index >= 15 is 0 Å². The van der Waals surface area contributed by atoms with Gasteiger partial charge in [0, 0.05) is 49.7 Å². The quantitative estimate of drug-likeness (QED) is 0.568. The van der Waals surface area contributed by atoms with E-state index in [1.807, 2.05) is 26.8 Å². The maximum atomic E-state index is 12.1. The Bertz CT molecular complexity index is 720. The summed E-state index contributed by atoms with van der Waals surface area (Å²) in [5, 5.41) is 13.1. The fraction of sp³-hybridized carbons (Fsp3) is 0.632. The van der Waals surface area contributed by atoms with E-state index in [4.69, 9.17) is 9.57 Å². The molecule has 2 saturated heterocycles. The Morgan fingerprint density at radius 1 is 1.00 bits per heavy atom. The molecule has 0 unspecified atom stereocenters. The second-order valence-electron chi connectivity index (χ2n) is 8.11. The number of nitrogens with zero attached hydrogens (tertiary/aromatic N) is 4. The van der Waals surface area contributed by atoms with Gasteiger partial charge in [0.2, 0.25) is 0 Å². The first kappa shape index (κ1) is 20.3. The van der Waals surface area contributed by atoms with E-state index in [1.165, 1.54) is 0 Å². The van der Waals surface area contributed by atoms with Gasteiger partial charge >= 0.3 is 5.97 Å². The second-order valence-corrected chi connectivity index (χ2v) is 8.11. The smallest absolute Gasteiger partial charge is 0.330 e. The van der Waals surface area contributed by atoms with Crippen LogP contribution in [0.25, 0.3) is 0 Å². The fourth-order valence-corrected chi connectivity index (χ4v) is 3.16. The molecule has 0 aromatic heterocycles. The maximum absolute atomic E-state index is 12.1. The predicted octanol–water partition coefficient (Wildman–Crippen LogP) is 2.06. The summed E-state index contributed by atoms with van der Waals surface area (Å²) in [6.07, 6.45) is 0. The van der Waals surface area contributed by atoms with Crippen molar-refractivity contribution in [2.45, 2.75) is 20.8 Å².